The topological polar surface area (TPSA) is 12.0 Å². The second-order valence-corrected chi connectivity index (χ2v) is 6.09. The highest BCUT2D eigenvalue weighted by molar-refractivity contribution is 5.38. The third-order valence-electron chi connectivity index (χ3n) is 4.42. The van der Waals surface area contributed by atoms with E-state index in [4.69, 9.17) is 0 Å². The standard InChI is InChI=1S/C20H25N/c1-2-13-21-20-10-6-9-18-12-11-17(15-19(18)20)14-16-7-4-3-5-8-16/h3-5,7-8,11-12,15,20-21H,2,6,9-10,13-14H2,1H3. The maximum Gasteiger partial charge on any atom is 0.0323 e. The van der Waals surface area contributed by atoms with Gasteiger partial charge in [0.15, 0.2) is 0 Å². The molecule has 0 aliphatic heterocycles. The number of rotatable bonds is 5. The largest absolute Gasteiger partial charge is 0.310 e. The van der Waals surface area contributed by atoms with Crippen LogP contribution in [0.5, 0.6) is 0 Å². The number of fused-ring (bicyclic) bond motifs is 1. The maximum atomic E-state index is 3.72. The Kier molecular flexibility index (Phi) is 4.72. The summed E-state index contributed by atoms with van der Waals surface area (Å²) in [5, 5.41) is 3.72. The molecule has 2 aromatic rings. The zero-order valence-electron chi connectivity index (χ0n) is 12.9. The van der Waals surface area contributed by atoms with Crippen molar-refractivity contribution in [1.82, 2.24) is 5.32 Å². The molecule has 1 N–H and O–H groups in total. The van der Waals surface area contributed by atoms with Gasteiger partial charge in [0.2, 0.25) is 0 Å². The van der Waals surface area contributed by atoms with Gasteiger partial charge >= 0.3 is 0 Å². The Morgan fingerprint density at radius 2 is 1.90 bits per heavy atom. The molecule has 0 amide bonds. The fraction of sp³-hybridized carbons (Fsp3) is 0.400. The lowest BCUT2D eigenvalue weighted by Gasteiger charge is -2.27. The smallest absolute Gasteiger partial charge is 0.0323 e. The van der Waals surface area contributed by atoms with Crippen LogP contribution < -0.4 is 5.32 Å². The molecule has 2 aromatic carbocycles. The van der Waals surface area contributed by atoms with Gasteiger partial charge in [0.25, 0.3) is 0 Å². The molecule has 0 saturated heterocycles. The van der Waals surface area contributed by atoms with Crippen LogP contribution in [0, 0.1) is 0 Å². The molecule has 1 nitrogen and oxygen atoms in total. The van der Waals surface area contributed by atoms with Crippen molar-refractivity contribution in [2.75, 3.05) is 6.54 Å². The van der Waals surface area contributed by atoms with Crippen LogP contribution in [0.3, 0.4) is 0 Å². The molecular formula is C20H25N. The predicted molar refractivity (Wildman–Crippen MR) is 89.7 cm³/mol. The van der Waals surface area contributed by atoms with Crippen molar-refractivity contribution in [3.05, 3.63) is 70.8 Å². The summed E-state index contributed by atoms with van der Waals surface area (Å²) in [4.78, 5) is 0. The van der Waals surface area contributed by atoms with Crippen LogP contribution >= 0.6 is 0 Å². The van der Waals surface area contributed by atoms with E-state index >= 15 is 0 Å². The number of hydrogen-bond acceptors (Lipinski definition) is 1. The molecule has 0 heterocycles. The molecule has 0 spiro atoms. The summed E-state index contributed by atoms with van der Waals surface area (Å²) < 4.78 is 0. The zero-order chi connectivity index (χ0) is 14.5. The minimum absolute atomic E-state index is 0.560. The van der Waals surface area contributed by atoms with E-state index in [1.54, 1.807) is 11.1 Å². The third kappa shape index (κ3) is 3.54. The van der Waals surface area contributed by atoms with Crippen molar-refractivity contribution < 1.29 is 0 Å². The first-order valence-corrected chi connectivity index (χ1v) is 8.26. The van der Waals surface area contributed by atoms with E-state index in [9.17, 15) is 0 Å². The first-order valence-electron chi connectivity index (χ1n) is 8.26. The molecule has 0 bridgehead atoms. The van der Waals surface area contributed by atoms with Crippen LogP contribution in [0.1, 0.15) is 54.5 Å². The average Bonchev–Trinajstić information content (AvgIpc) is 2.54. The Labute approximate surface area is 128 Å². The summed E-state index contributed by atoms with van der Waals surface area (Å²) >= 11 is 0. The fourth-order valence-corrected chi connectivity index (χ4v) is 3.32. The summed E-state index contributed by atoms with van der Waals surface area (Å²) in [6, 6.07) is 18.4. The molecule has 1 atom stereocenters. The van der Waals surface area contributed by atoms with Crippen molar-refractivity contribution in [2.24, 2.45) is 0 Å². The summed E-state index contributed by atoms with van der Waals surface area (Å²) in [5.41, 5.74) is 5.92. The lowest BCUT2D eigenvalue weighted by molar-refractivity contribution is 0.460. The van der Waals surface area contributed by atoms with E-state index in [-0.39, 0.29) is 0 Å². The summed E-state index contributed by atoms with van der Waals surface area (Å²) in [6.45, 7) is 3.36. The molecule has 1 aliphatic carbocycles. The molecule has 1 heteroatoms. The van der Waals surface area contributed by atoms with Crippen molar-refractivity contribution in [3.63, 3.8) is 0 Å². The third-order valence-corrected chi connectivity index (χ3v) is 4.42. The van der Waals surface area contributed by atoms with Crippen LogP contribution in [0.2, 0.25) is 0 Å². The molecule has 110 valence electrons. The number of benzene rings is 2. The Bertz CT molecular complexity index is 574. The zero-order valence-corrected chi connectivity index (χ0v) is 12.9. The van der Waals surface area contributed by atoms with E-state index in [0.29, 0.717) is 6.04 Å². The van der Waals surface area contributed by atoms with Crippen molar-refractivity contribution in [2.45, 2.75) is 45.1 Å². The van der Waals surface area contributed by atoms with Crippen molar-refractivity contribution >= 4 is 0 Å². The molecule has 1 aliphatic rings. The number of hydrogen-bond donors (Lipinski definition) is 1. The van der Waals surface area contributed by atoms with Crippen molar-refractivity contribution in [1.29, 1.82) is 0 Å². The van der Waals surface area contributed by atoms with Crippen LogP contribution in [0.4, 0.5) is 0 Å². The van der Waals surface area contributed by atoms with Crippen LogP contribution in [-0.4, -0.2) is 6.54 Å². The van der Waals surface area contributed by atoms with Gasteiger partial charge in [0.1, 0.15) is 0 Å². The van der Waals surface area contributed by atoms with Gasteiger partial charge in [-0.3, -0.25) is 0 Å². The summed E-state index contributed by atoms with van der Waals surface area (Å²) in [7, 11) is 0. The Hall–Kier alpha value is -1.60. The van der Waals surface area contributed by atoms with Crippen LogP contribution in [-0.2, 0) is 12.8 Å². The van der Waals surface area contributed by atoms with Gasteiger partial charge < -0.3 is 5.32 Å². The second-order valence-electron chi connectivity index (χ2n) is 6.09. The van der Waals surface area contributed by atoms with E-state index in [0.717, 1.165) is 13.0 Å². The van der Waals surface area contributed by atoms with Gasteiger partial charge in [-0.2, -0.15) is 0 Å². The van der Waals surface area contributed by atoms with Gasteiger partial charge in [0.05, 0.1) is 0 Å². The highest BCUT2D eigenvalue weighted by Gasteiger charge is 2.19. The van der Waals surface area contributed by atoms with E-state index in [1.807, 2.05) is 0 Å². The maximum absolute atomic E-state index is 3.72. The first kappa shape index (κ1) is 14.3. The molecule has 21 heavy (non-hydrogen) atoms. The molecule has 3 rings (SSSR count). The monoisotopic (exact) mass is 279 g/mol. The predicted octanol–water partition coefficient (Wildman–Crippen LogP) is 4.65. The molecule has 1 unspecified atom stereocenters. The van der Waals surface area contributed by atoms with Gasteiger partial charge in [-0.05, 0) is 60.9 Å². The molecule has 0 saturated carbocycles. The van der Waals surface area contributed by atoms with E-state index in [1.165, 1.54) is 36.8 Å². The van der Waals surface area contributed by atoms with Crippen LogP contribution in [0.15, 0.2) is 48.5 Å². The SMILES string of the molecule is CCCNC1CCCc2ccc(Cc3ccccc3)cc21. The first-order chi connectivity index (χ1) is 10.4. The summed E-state index contributed by atoms with van der Waals surface area (Å²) in [6.07, 6.45) is 6.07. The van der Waals surface area contributed by atoms with Gasteiger partial charge in [-0.1, -0.05) is 55.5 Å². The Morgan fingerprint density at radius 3 is 2.71 bits per heavy atom. The lowest BCUT2D eigenvalue weighted by atomic mass is 9.85. The van der Waals surface area contributed by atoms with Gasteiger partial charge in [-0.25, -0.2) is 0 Å². The van der Waals surface area contributed by atoms with E-state index in [2.05, 4.69) is 60.8 Å². The Morgan fingerprint density at radius 1 is 1.05 bits per heavy atom. The van der Waals surface area contributed by atoms with Crippen LogP contribution in [0.25, 0.3) is 0 Å². The molecule has 0 aromatic heterocycles. The van der Waals surface area contributed by atoms with Crippen molar-refractivity contribution in [3.8, 4) is 0 Å². The molecule has 0 fully saturated rings. The highest BCUT2D eigenvalue weighted by atomic mass is 14.9. The molecular weight excluding hydrogens is 254 g/mol. The normalized spacial score (nSPS) is 17.5. The fourth-order valence-electron chi connectivity index (χ4n) is 3.32. The number of aryl methyl sites for hydroxylation is 1. The van der Waals surface area contributed by atoms with Gasteiger partial charge in [0, 0.05) is 6.04 Å². The van der Waals surface area contributed by atoms with Gasteiger partial charge in [-0.15, -0.1) is 0 Å². The quantitative estimate of drug-likeness (QED) is 0.839. The highest BCUT2D eigenvalue weighted by Crippen LogP contribution is 2.31. The van der Waals surface area contributed by atoms with E-state index < -0.39 is 0 Å². The Balaban J connectivity index is 1.81. The molecule has 0 radical (unpaired) electrons. The second kappa shape index (κ2) is 6.91. The average molecular weight is 279 g/mol. The minimum atomic E-state index is 0.560. The minimum Gasteiger partial charge on any atom is -0.310 e. The lowest BCUT2D eigenvalue weighted by Crippen LogP contribution is -2.26. The summed E-state index contributed by atoms with van der Waals surface area (Å²) in [5.74, 6) is 0. The number of nitrogens with one attached hydrogen (secondary N) is 1.